The maximum atomic E-state index is 12.0. The van der Waals surface area contributed by atoms with Crippen molar-refractivity contribution >= 4 is 5.91 Å². The van der Waals surface area contributed by atoms with Crippen molar-refractivity contribution in [3.05, 3.63) is 71.4 Å². The first-order valence-electron chi connectivity index (χ1n) is 12.3. The number of hydrogen-bond donors (Lipinski definition) is 0. The molecule has 172 valence electrons. The maximum absolute atomic E-state index is 12.0. The van der Waals surface area contributed by atoms with E-state index in [0.717, 1.165) is 69.8 Å². The summed E-state index contributed by atoms with van der Waals surface area (Å²) in [6, 6.07) is 17.2. The molecular weight excluding hydrogens is 408 g/mol. The Morgan fingerprint density at radius 2 is 1.76 bits per heavy atom. The van der Waals surface area contributed by atoms with Gasteiger partial charge < -0.3 is 4.90 Å². The Labute approximate surface area is 197 Å². The number of piperidine rings is 1. The molecule has 5 nitrogen and oxygen atoms in total. The minimum absolute atomic E-state index is 0.351. The molecular formula is C28H34N4O. The third kappa shape index (κ3) is 5.03. The first-order chi connectivity index (χ1) is 16.0. The van der Waals surface area contributed by atoms with Crippen molar-refractivity contribution in [2.75, 3.05) is 26.2 Å². The highest BCUT2D eigenvalue weighted by atomic mass is 16.2. The number of carbonyl (C=O) groups is 1. The highest BCUT2D eigenvalue weighted by Gasteiger charge is 2.27. The lowest BCUT2D eigenvalue weighted by atomic mass is 9.95. The lowest BCUT2D eigenvalue weighted by molar-refractivity contribution is -0.128. The normalized spacial score (nSPS) is 17.8. The molecule has 2 aliphatic heterocycles. The van der Waals surface area contributed by atoms with Gasteiger partial charge in [-0.05, 0) is 70.3 Å². The lowest BCUT2D eigenvalue weighted by Crippen LogP contribution is -2.38. The van der Waals surface area contributed by atoms with Gasteiger partial charge in [-0.25, -0.2) is 4.68 Å². The van der Waals surface area contributed by atoms with Crippen molar-refractivity contribution in [1.29, 1.82) is 0 Å². The molecule has 2 aromatic carbocycles. The Bertz CT molecular complexity index is 1110. The van der Waals surface area contributed by atoms with Crippen LogP contribution in [0, 0.1) is 19.8 Å². The number of amides is 1. The van der Waals surface area contributed by atoms with Crippen LogP contribution in [0.25, 0.3) is 16.9 Å². The number of likely N-dealkylation sites (tertiary alicyclic amines) is 2. The second kappa shape index (κ2) is 9.52. The van der Waals surface area contributed by atoms with Gasteiger partial charge >= 0.3 is 0 Å². The predicted octanol–water partition coefficient (Wildman–Crippen LogP) is 4.99. The zero-order valence-corrected chi connectivity index (χ0v) is 19.8. The molecule has 0 bridgehead atoms. The largest absolute Gasteiger partial charge is 0.342 e. The fraction of sp³-hybridized carbons (Fsp3) is 0.429. The Morgan fingerprint density at radius 3 is 2.45 bits per heavy atom. The fourth-order valence-corrected chi connectivity index (χ4v) is 5.17. The maximum Gasteiger partial charge on any atom is 0.222 e. The first-order valence-corrected chi connectivity index (χ1v) is 12.3. The molecule has 2 aliphatic rings. The molecule has 0 aliphatic carbocycles. The van der Waals surface area contributed by atoms with E-state index in [1.54, 1.807) is 0 Å². The van der Waals surface area contributed by atoms with Gasteiger partial charge in [-0.2, -0.15) is 5.10 Å². The second-order valence-corrected chi connectivity index (χ2v) is 9.82. The first kappa shape index (κ1) is 21.9. The van der Waals surface area contributed by atoms with Crippen LogP contribution in [0.1, 0.15) is 42.4 Å². The summed E-state index contributed by atoms with van der Waals surface area (Å²) in [7, 11) is 0. The molecule has 1 amide bonds. The molecule has 0 radical (unpaired) electrons. The van der Waals surface area contributed by atoms with E-state index in [1.165, 1.54) is 22.3 Å². The number of benzene rings is 2. The minimum Gasteiger partial charge on any atom is -0.342 e. The lowest BCUT2D eigenvalue weighted by Gasteiger charge is -2.33. The Kier molecular flexibility index (Phi) is 6.32. The van der Waals surface area contributed by atoms with Crippen LogP contribution in [0.4, 0.5) is 0 Å². The Morgan fingerprint density at radius 1 is 0.970 bits per heavy atom. The molecule has 33 heavy (non-hydrogen) atoms. The quantitative estimate of drug-likeness (QED) is 0.540. The van der Waals surface area contributed by atoms with Crippen LogP contribution in [0.5, 0.6) is 0 Å². The van der Waals surface area contributed by atoms with E-state index in [0.29, 0.717) is 11.8 Å². The average Bonchev–Trinajstić information content (AvgIpc) is 3.42. The summed E-state index contributed by atoms with van der Waals surface area (Å²) in [5.74, 6) is 0.985. The van der Waals surface area contributed by atoms with Crippen LogP contribution in [0.2, 0.25) is 0 Å². The average molecular weight is 443 g/mol. The van der Waals surface area contributed by atoms with Gasteiger partial charge in [-0.15, -0.1) is 0 Å². The van der Waals surface area contributed by atoms with Gasteiger partial charge in [-0.1, -0.05) is 41.5 Å². The van der Waals surface area contributed by atoms with Crippen molar-refractivity contribution < 1.29 is 4.79 Å². The summed E-state index contributed by atoms with van der Waals surface area (Å²) in [6.07, 6.45) is 6.30. The van der Waals surface area contributed by atoms with E-state index in [1.807, 2.05) is 4.68 Å². The van der Waals surface area contributed by atoms with Gasteiger partial charge in [0.1, 0.15) is 0 Å². The summed E-state index contributed by atoms with van der Waals surface area (Å²) >= 11 is 0. The van der Waals surface area contributed by atoms with E-state index in [-0.39, 0.29) is 0 Å². The van der Waals surface area contributed by atoms with Gasteiger partial charge in [-0.3, -0.25) is 9.69 Å². The minimum atomic E-state index is 0.351. The highest BCUT2D eigenvalue weighted by Crippen LogP contribution is 2.28. The molecule has 1 aromatic heterocycles. The van der Waals surface area contributed by atoms with Gasteiger partial charge in [0.25, 0.3) is 0 Å². The van der Waals surface area contributed by atoms with Gasteiger partial charge in [0.05, 0.1) is 11.4 Å². The van der Waals surface area contributed by atoms with E-state index in [4.69, 9.17) is 5.10 Å². The van der Waals surface area contributed by atoms with Gasteiger partial charge in [0, 0.05) is 43.4 Å². The summed E-state index contributed by atoms with van der Waals surface area (Å²) in [5, 5.41) is 5.02. The van der Waals surface area contributed by atoms with Crippen LogP contribution in [-0.2, 0) is 11.3 Å². The Balaban J connectivity index is 1.32. The van der Waals surface area contributed by atoms with Crippen LogP contribution >= 0.6 is 0 Å². The number of hydrogen-bond acceptors (Lipinski definition) is 3. The van der Waals surface area contributed by atoms with Crippen molar-refractivity contribution in [1.82, 2.24) is 19.6 Å². The molecule has 0 spiro atoms. The van der Waals surface area contributed by atoms with Crippen molar-refractivity contribution in [2.45, 2.75) is 46.1 Å². The summed E-state index contributed by atoms with van der Waals surface area (Å²) in [5.41, 5.74) is 7.12. The molecule has 0 saturated carbocycles. The molecule has 0 unspecified atom stereocenters. The number of carbonyl (C=O) groups excluding carboxylic acids is 1. The molecule has 2 fully saturated rings. The molecule has 3 aromatic rings. The van der Waals surface area contributed by atoms with Crippen LogP contribution in [0.15, 0.2) is 54.7 Å². The fourth-order valence-electron chi connectivity index (χ4n) is 5.17. The Hall–Kier alpha value is -2.92. The van der Waals surface area contributed by atoms with E-state index < -0.39 is 0 Å². The zero-order chi connectivity index (χ0) is 22.8. The number of rotatable bonds is 6. The third-order valence-corrected chi connectivity index (χ3v) is 7.13. The van der Waals surface area contributed by atoms with Gasteiger partial charge in [0.2, 0.25) is 5.91 Å². The second-order valence-electron chi connectivity index (χ2n) is 9.82. The molecule has 3 heterocycles. The molecule has 5 heteroatoms. The number of nitrogens with zero attached hydrogens (tertiary/aromatic N) is 4. The topological polar surface area (TPSA) is 41.4 Å². The van der Waals surface area contributed by atoms with E-state index >= 15 is 0 Å². The third-order valence-electron chi connectivity index (χ3n) is 7.13. The summed E-state index contributed by atoms with van der Waals surface area (Å²) in [4.78, 5) is 16.6. The number of aryl methyl sites for hydroxylation is 2. The van der Waals surface area contributed by atoms with Gasteiger partial charge in [0.15, 0.2) is 0 Å². The number of aromatic nitrogens is 2. The molecule has 0 atom stereocenters. The zero-order valence-electron chi connectivity index (χ0n) is 19.8. The predicted molar refractivity (Wildman–Crippen MR) is 132 cm³/mol. The smallest absolute Gasteiger partial charge is 0.222 e. The standard InChI is InChI=1S/C28H34N4O/c1-21-8-10-26(11-9-21)32-20-25(28(29-32)24-6-3-5-22(2)17-24)19-30-15-12-23(13-16-30)18-31-14-4-7-27(31)33/h3,5-6,8-11,17,20,23H,4,7,12-16,18-19H2,1-2H3. The highest BCUT2D eigenvalue weighted by molar-refractivity contribution is 5.78. The molecule has 2 saturated heterocycles. The monoisotopic (exact) mass is 442 g/mol. The van der Waals surface area contributed by atoms with E-state index in [9.17, 15) is 4.79 Å². The van der Waals surface area contributed by atoms with Crippen molar-refractivity contribution in [3.8, 4) is 16.9 Å². The van der Waals surface area contributed by atoms with E-state index in [2.05, 4.69) is 78.4 Å². The molecule has 0 N–H and O–H groups in total. The van der Waals surface area contributed by atoms with Crippen LogP contribution < -0.4 is 0 Å². The van der Waals surface area contributed by atoms with Crippen LogP contribution in [-0.4, -0.2) is 51.7 Å². The molecule has 5 rings (SSSR count). The summed E-state index contributed by atoms with van der Waals surface area (Å²) in [6.45, 7) is 9.22. The summed E-state index contributed by atoms with van der Waals surface area (Å²) < 4.78 is 2.03. The SMILES string of the molecule is Cc1ccc(-n2cc(CN3CCC(CN4CCCC4=O)CC3)c(-c3cccc(C)c3)n2)cc1. The van der Waals surface area contributed by atoms with Crippen molar-refractivity contribution in [2.24, 2.45) is 5.92 Å². The van der Waals surface area contributed by atoms with Crippen molar-refractivity contribution in [3.63, 3.8) is 0 Å². The van der Waals surface area contributed by atoms with Crippen LogP contribution in [0.3, 0.4) is 0 Å².